The van der Waals surface area contributed by atoms with E-state index in [1.54, 1.807) is 40.4 Å². The molecule has 2 saturated heterocycles. The first-order valence-electron chi connectivity index (χ1n) is 11.4. The van der Waals surface area contributed by atoms with E-state index >= 15 is 0 Å². The highest BCUT2D eigenvalue weighted by atomic mass is 16.6. The molecule has 1 atom stereocenters. The number of aryl methyl sites for hydroxylation is 1. The molecule has 2 fully saturated rings. The summed E-state index contributed by atoms with van der Waals surface area (Å²) in [6.07, 6.45) is 4.24. The first-order chi connectivity index (χ1) is 16.5. The normalized spacial score (nSPS) is 19.5. The van der Waals surface area contributed by atoms with Crippen LogP contribution in [-0.2, 0) is 11.2 Å². The molecule has 0 saturated carbocycles. The molecule has 174 valence electrons. The monoisotopic (exact) mass is 458 g/mol. The second kappa shape index (κ2) is 9.13. The first-order valence-corrected chi connectivity index (χ1v) is 11.4. The average Bonchev–Trinajstić information content (AvgIpc) is 3.41. The number of pyridine rings is 2. The third kappa shape index (κ3) is 4.57. The minimum atomic E-state index is -0.673. The molecule has 3 aromatic rings. The van der Waals surface area contributed by atoms with E-state index in [1.807, 2.05) is 43.3 Å². The second-order valence-corrected chi connectivity index (χ2v) is 8.78. The van der Waals surface area contributed by atoms with Gasteiger partial charge in [-0.2, -0.15) is 0 Å². The van der Waals surface area contributed by atoms with Gasteiger partial charge in [-0.05, 0) is 43.2 Å². The zero-order valence-corrected chi connectivity index (χ0v) is 19.0. The molecule has 2 aliphatic heterocycles. The Kier molecular flexibility index (Phi) is 5.88. The summed E-state index contributed by atoms with van der Waals surface area (Å²) < 4.78 is 11.7. The highest BCUT2D eigenvalue weighted by Gasteiger charge is 2.50. The molecule has 4 heterocycles. The molecule has 0 unspecified atom stereocenters. The van der Waals surface area contributed by atoms with Crippen molar-refractivity contribution >= 4 is 12.0 Å². The van der Waals surface area contributed by atoms with E-state index in [0.29, 0.717) is 43.9 Å². The zero-order valence-electron chi connectivity index (χ0n) is 19.0. The Morgan fingerprint density at radius 1 is 1.09 bits per heavy atom. The Balaban J connectivity index is 1.25. The zero-order chi connectivity index (χ0) is 23.5. The van der Waals surface area contributed by atoms with Crippen LogP contribution in [0.15, 0.2) is 67.0 Å². The Labute approximate surface area is 198 Å². The van der Waals surface area contributed by atoms with Gasteiger partial charge in [-0.15, -0.1) is 0 Å². The van der Waals surface area contributed by atoms with Crippen LogP contribution in [0.4, 0.5) is 4.79 Å². The van der Waals surface area contributed by atoms with Crippen molar-refractivity contribution in [2.45, 2.75) is 25.4 Å². The minimum absolute atomic E-state index is 0.196. The summed E-state index contributed by atoms with van der Waals surface area (Å²) in [5.74, 6) is 0.542. The summed E-state index contributed by atoms with van der Waals surface area (Å²) in [5, 5.41) is 0. The highest BCUT2D eigenvalue weighted by Crippen LogP contribution is 2.34. The summed E-state index contributed by atoms with van der Waals surface area (Å²) in [6, 6.07) is 17.1. The summed E-state index contributed by atoms with van der Waals surface area (Å²) in [7, 11) is 0. The fourth-order valence-corrected chi connectivity index (χ4v) is 4.44. The third-order valence-corrected chi connectivity index (χ3v) is 6.26. The molecule has 8 heteroatoms. The van der Waals surface area contributed by atoms with Gasteiger partial charge in [-0.3, -0.25) is 9.78 Å². The van der Waals surface area contributed by atoms with Gasteiger partial charge in [0.1, 0.15) is 11.3 Å². The first kappa shape index (κ1) is 21.9. The number of carbonyl (C=O) groups excluding carboxylic acids is 2. The lowest BCUT2D eigenvalue weighted by atomic mass is 10.0. The number of likely N-dealkylation sites (tertiary alicyclic amines) is 1. The van der Waals surface area contributed by atoms with Crippen molar-refractivity contribution in [3.05, 3.63) is 83.8 Å². The van der Waals surface area contributed by atoms with Crippen LogP contribution in [0.5, 0.6) is 11.6 Å². The molecule has 0 bridgehead atoms. The quantitative estimate of drug-likeness (QED) is 0.558. The molecule has 34 heavy (non-hydrogen) atoms. The molecule has 0 aliphatic carbocycles. The van der Waals surface area contributed by atoms with E-state index in [1.165, 1.54) is 5.56 Å². The minimum Gasteiger partial charge on any atom is -0.439 e. The molecule has 0 N–H and O–H groups in total. The van der Waals surface area contributed by atoms with Gasteiger partial charge in [0.05, 0.1) is 19.3 Å². The van der Waals surface area contributed by atoms with Crippen molar-refractivity contribution in [2.75, 3.05) is 26.2 Å². The smallest absolute Gasteiger partial charge is 0.410 e. The maximum atomic E-state index is 13.4. The number of amides is 2. The van der Waals surface area contributed by atoms with Gasteiger partial charge in [-0.1, -0.05) is 30.3 Å². The number of benzene rings is 1. The van der Waals surface area contributed by atoms with E-state index in [2.05, 4.69) is 9.97 Å². The van der Waals surface area contributed by atoms with Crippen molar-refractivity contribution in [1.29, 1.82) is 0 Å². The number of rotatable bonds is 6. The van der Waals surface area contributed by atoms with E-state index in [0.717, 1.165) is 12.1 Å². The Hall–Kier alpha value is -3.94. The number of hydrogen-bond donors (Lipinski definition) is 0. The topological polar surface area (TPSA) is 84.9 Å². The van der Waals surface area contributed by atoms with Gasteiger partial charge < -0.3 is 19.3 Å². The van der Waals surface area contributed by atoms with Gasteiger partial charge in [-0.25, -0.2) is 9.78 Å². The molecule has 2 aromatic heterocycles. The van der Waals surface area contributed by atoms with Crippen LogP contribution >= 0.6 is 0 Å². The van der Waals surface area contributed by atoms with Crippen LogP contribution in [0, 0.1) is 6.92 Å². The van der Waals surface area contributed by atoms with Crippen LogP contribution < -0.4 is 4.74 Å². The lowest BCUT2D eigenvalue weighted by molar-refractivity contribution is 0.0551. The Morgan fingerprint density at radius 2 is 1.94 bits per heavy atom. The summed E-state index contributed by atoms with van der Waals surface area (Å²) in [5.41, 5.74) is 1.74. The standard InChI is InChI=1S/C26H26N4O4/c1-19-9-10-21(16-28-19)33-23-22(8-5-13-27-23)24(31)29-15-12-26(17-29)18-30(25(32)34-26)14-11-20-6-3-2-4-7-20/h2-10,13,16H,11-12,14-15,17-18H2,1H3/t26-/m1/s1. The van der Waals surface area contributed by atoms with Crippen LogP contribution in [-0.4, -0.2) is 63.5 Å². The number of hydrogen-bond acceptors (Lipinski definition) is 6. The molecule has 5 rings (SSSR count). The molecule has 2 amide bonds. The number of nitrogens with zero attached hydrogens (tertiary/aromatic N) is 4. The highest BCUT2D eigenvalue weighted by molar-refractivity contribution is 5.96. The largest absolute Gasteiger partial charge is 0.439 e. The van der Waals surface area contributed by atoms with Crippen LogP contribution in [0.3, 0.4) is 0 Å². The molecule has 8 nitrogen and oxygen atoms in total. The summed E-state index contributed by atoms with van der Waals surface area (Å²) in [4.78, 5) is 37.9. The number of aromatic nitrogens is 2. The molecular weight excluding hydrogens is 432 g/mol. The molecule has 2 aliphatic rings. The van der Waals surface area contributed by atoms with E-state index in [4.69, 9.17) is 9.47 Å². The van der Waals surface area contributed by atoms with E-state index in [9.17, 15) is 9.59 Å². The van der Waals surface area contributed by atoms with Gasteiger partial charge in [0.25, 0.3) is 5.91 Å². The van der Waals surface area contributed by atoms with Gasteiger partial charge in [0.15, 0.2) is 5.60 Å². The van der Waals surface area contributed by atoms with Crippen molar-refractivity contribution in [2.24, 2.45) is 0 Å². The lowest BCUT2D eigenvalue weighted by Crippen LogP contribution is -2.39. The van der Waals surface area contributed by atoms with E-state index in [-0.39, 0.29) is 17.9 Å². The fraction of sp³-hybridized carbons (Fsp3) is 0.308. The Bertz CT molecular complexity index is 1180. The maximum absolute atomic E-state index is 13.4. The fourth-order valence-electron chi connectivity index (χ4n) is 4.44. The average molecular weight is 459 g/mol. The molecular formula is C26H26N4O4. The predicted molar refractivity (Wildman–Crippen MR) is 125 cm³/mol. The van der Waals surface area contributed by atoms with Crippen molar-refractivity contribution in [3.8, 4) is 11.6 Å². The second-order valence-electron chi connectivity index (χ2n) is 8.78. The molecule has 1 aromatic carbocycles. The predicted octanol–water partition coefficient (Wildman–Crippen LogP) is 3.86. The van der Waals surface area contributed by atoms with Gasteiger partial charge >= 0.3 is 6.09 Å². The van der Waals surface area contributed by atoms with Crippen molar-refractivity contribution in [1.82, 2.24) is 19.8 Å². The van der Waals surface area contributed by atoms with Crippen LogP contribution in [0.25, 0.3) is 0 Å². The summed E-state index contributed by atoms with van der Waals surface area (Å²) >= 11 is 0. The van der Waals surface area contributed by atoms with Gasteiger partial charge in [0, 0.05) is 31.4 Å². The van der Waals surface area contributed by atoms with Crippen LogP contribution in [0.1, 0.15) is 28.0 Å². The van der Waals surface area contributed by atoms with E-state index < -0.39 is 5.60 Å². The number of ether oxygens (including phenoxy) is 2. The number of carbonyl (C=O) groups is 2. The van der Waals surface area contributed by atoms with Crippen molar-refractivity contribution < 1.29 is 19.1 Å². The van der Waals surface area contributed by atoms with Crippen LogP contribution in [0.2, 0.25) is 0 Å². The molecule has 1 spiro atoms. The maximum Gasteiger partial charge on any atom is 0.410 e. The Morgan fingerprint density at radius 3 is 2.74 bits per heavy atom. The summed E-state index contributed by atoms with van der Waals surface area (Å²) in [6.45, 7) is 3.80. The SMILES string of the molecule is Cc1ccc(Oc2ncccc2C(=O)N2CC[C@]3(CN(CCc4ccccc4)C(=O)O3)C2)cn1. The van der Waals surface area contributed by atoms with Gasteiger partial charge in [0.2, 0.25) is 5.88 Å². The third-order valence-electron chi connectivity index (χ3n) is 6.26. The molecule has 0 radical (unpaired) electrons. The van der Waals surface area contributed by atoms with Crippen molar-refractivity contribution in [3.63, 3.8) is 0 Å². The lowest BCUT2D eigenvalue weighted by Gasteiger charge is -2.22.